The summed E-state index contributed by atoms with van der Waals surface area (Å²) in [7, 11) is 0. The van der Waals surface area contributed by atoms with Gasteiger partial charge in [-0.2, -0.15) is 0 Å². The van der Waals surface area contributed by atoms with Crippen molar-refractivity contribution < 1.29 is 4.79 Å². The lowest BCUT2D eigenvalue weighted by Crippen LogP contribution is -2.41. The van der Waals surface area contributed by atoms with Gasteiger partial charge in [-0.1, -0.05) is 44.2 Å². The third-order valence-electron chi connectivity index (χ3n) is 6.47. The van der Waals surface area contributed by atoms with E-state index >= 15 is 0 Å². The average molecular weight is 428 g/mol. The molecule has 162 valence electrons. The summed E-state index contributed by atoms with van der Waals surface area (Å²) in [4.78, 5) is 20.2. The molecule has 3 unspecified atom stereocenters. The van der Waals surface area contributed by atoms with Crippen molar-refractivity contribution in [1.29, 1.82) is 0 Å². The summed E-state index contributed by atoms with van der Waals surface area (Å²) in [6, 6.07) is 15.2. The number of amides is 1. The highest BCUT2D eigenvalue weighted by Crippen LogP contribution is 2.49. The van der Waals surface area contributed by atoms with Crippen molar-refractivity contribution in [3.05, 3.63) is 65.5 Å². The van der Waals surface area contributed by atoms with E-state index in [1.54, 1.807) is 0 Å². The molecule has 1 aliphatic carbocycles. The van der Waals surface area contributed by atoms with E-state index in [1.165, 1.54) is 11.1 Å². The molecule has 0 bridgehead atoms. The number of carbonyl (C=O) groups is 1. The van der Waals surface area contributed by atoms with Crippen LogP contribution in [0, 0.1) is 5.92 Å². The number of aromatic nitrogens is 1. The quantitative estimate of drug-likeness (QED) is 0.712. The Kier molecular flexibility index (Phi) is 7.90. The summed E-state index contributed by atoms with van der Waals surface area (Å²) in [5, 5.41) is 3.48. The second-order valence-corrected chi connectivity index (χ2v) is 8.89. The minimum atomic E-state index is 0. The number of nitrogens with one attached hydrogen (secondary N) is 1. The molecule has 0 radical (unpaired) electrons. The van der Waals surface area contributed by atoms with Crippen molar-refractivity contribution in [2.24, 2.45) is 5.92 Å². The van der Waals surface area contributed by atoms with Crippen molar-refractivity contribution >= 4 is 18.3 Å². The Hall–Kier alpha value is -1.91. The van der Waals surface area contributed by atoms with Crippen molar-refractivity contribution in [2.45, 2.75) is 64.0 Å². The third-order valence-corrected chi connectivity index (χ3v) is 6.47. The summed E-state index contributed by atoms with van der Waals surface area (Å²) in [6.07, 6.45) is 6.03. The lowest BCUT2D eigenvalue weighted by atomic mass is 9.99. The van der Waals surface area contributed by atoms with Gasteiger partial charge in [0.1, 0.15) is 0 Å². The molecule has 1 aliphatic heterocycles. The van der Waals surface area contributed by atoms with Gasteiger partial charge in [0.2, 0.25) is 5.91 Å². The first-order valence-electron chi connectivity index (χ1n) is 11.1. The zero-order chi connectivity index (χ0) is 20.2. The highest BCUT2D eigenvalue weighted by molar-refractivity contribution is 5.85. The first kappa shape index (κ1) is 22.8. The maximum atomic E-state index is 13.6. The molecule has 3 atom stereocenters. The van der Waals surface area contributed by atoms with Crippen molar-refractivity contribution in [1.82, 2.24) is 15.2 Å². The smallest absolute Gasteiger partial charge is 0.226 e. The van der Waals surface area contributed by atoms with Gasteiger partial charge in [0.25, 0.3) is 0 Å². The second-order valence-electron chi connectivity index (χ2n) is 8.89. The summed E-state index contributed by atoms with van der Waals surface area (Å²) in [6.45, 7) is 7.10. The van der Waals surface area contributed by atoms with E-state index in [2.05, 4.69) is 53.3 Å². The van der Waals surface area contributed by atoms with Gasteiger partial charge in [-0.05, 0) is 73.9 Å². The summed E-state index contributed by atoms with van der Waals surface area (Å²) >= 11 is 0. The molecule has 1 amide bonds. The van der Waals surface area contributed by atoms with E-state index in [9.17, 15) is 4.79 Å². The van der Waals surface area contributed by atoms with Crippen LogP contribution in [0.1, 0.15) is 68.2 Å². The van der Waals surface area contributed by atoms with Gasteiger partial charge in [0.05, 0.1) is 12.2 Å². The maximum Gasteiger partial charge on any atom is 0.226 e. The number of nitrogens with zero attached hydrogens (tertiary/aromatic N) is 2. The topological polar surface area (TPSA) is 45.2 Å². The van der Waals surface area contributed by atoms with Gasteiger partial charge < -0.3 is 10.2 Å². The van der Waals surface area contributed by atoms with Gasteiger partial charge in [-0.15, -0.1) is 12.4 Å². The number of rotatable bonds is 6. The van der Waals surface area contributed by atoms with E-state index in [1.807, 2.05) is 24.4 Å². The summed E-state index contributed by atoms with van der Waals surface area (Å²) in [5.74, 6) is 1.36. The number of pyridine rings is 1. The molecule has 1 saturated heterocycles. The molecule has 30 heavy (non-hydrogen) atoms. The zero-order valence-corrected chi connectivity index (χ0v) is 18.9. The van der Waals surface area contributed by atoms with E-state index in [4.69, 9.17) is 0 Å². The molecule has 1 N–H and O–H groups in total. The monoisotopic (exact) mass is 427 g/mol. The number of hydrogen-bond acceptors (Lipinski definition) is 3. The molecule has 2 fully saturated rings. The van der Waals surface area contributed by atoms with Crippen LogP contribution in [0.5, 0.6) is 0 Å². The standard InChI is InChI=1S/C25H33N3O.ClH/c1-18(2)19-8-10-20(11-9-19)23-16-24(23)25(29)28(17-21-6-3-4-14-27-21)22-7-5-13-26-15-12-22;/h3-4,6,8-11,14,18,22-24,26H,5,7,12-13,15-17H2,1-2H3;1H. The van der Waals surface area contributed by atoms with Crippen LogP contribution in [0.2, 0.25) is 0 Å². The Labute approximate surface area is 186 Å². The van der Waals surface area contributed by atoms with Crippen LogP contribution in [0.15, 0.2) is 48.7 Å². The van der Waals surface area contributed by atoms with Gasteiger partial charge in [0.15, 0.2) is 0 Å². The minimum Gasteiger partial charge on any atom is -0.334 e. The lowest BCUT2D eigenvalue weighted by molar-refractivity contribution is -0.136. The Morgan fingerprint density at radius 3 is 2.63 bits per heavy atom. The molecule has 4 nitrogen and oxygen atoms in total. The average Bonchev–Trinajstić information content (AvgIpc) is 3.56. The van der Waals surface area contributed by atoms with Gasteiger partial charge in [-0.25, -0.2) is 0 Å². The van der Waals surface area contributed by atoms with Crippen LogP contribution >= 0.6 is 12.4 Å². The fourth-order valence-electron chi connectivity index (χ4n) is 4.54. The Bertz CT molecular complexity index is 801. The Balaban J connectivity index is 0.00000256. The largest absolute Gasteiger partial charge is 0.334 e. The summed E-state index contributed by atoms with van der Waals surface area (Å²) < 4.78 is 0. The van der Waals surface area contributed by atoms with Crippen LogP contribution in [-0.4, -0.2) is 34.9 Å². The number of hydrogen-bond donors (Lipinski definition) is 1. The third kappa shape index (κ3) is 5.41. The Morgan fingerprint density at radius 1 is 1.13 bits per heavy atom. The highest BCUT2D eigenvalue weighted by Gasteiger charge is 2.46. The van der Waals surface area contributed by atoms with Gasteiger partial charge >= 0.3 is 0 Å². The van der Waals surface area contributed by atoms with Crippen LogP contribution in [0.3, 0.4) is 0 Å². The fraction of sp³-hybridized carbons (Fsp3) is 0.520. The number of benzene rings is 1. The predicted octanol–water partition coefficient (Wildman–Crippen LogP) is 4.90. The van der Waals surface area contributed by atoms with Crippen molar-refractivity contribution in [3.63, 3.8) is 0 Å². The maximum absolute atomic E-state index is 13.6. The van der Waals surface area contributed by atoms with Crippen LogP contribution in [-0.2, 0) is 11.3 Å². The first-order valence-corrected chi connectivity index (χ1v) is 11.1. The molecular weight excluding hydrogens is 394 g/mol. The molecular formula is C25H34ClN3O. The minimum absolute atomic E-state index is 0. The first-order chi connectivity index (χ1) is 14.1. The van der Waals surface area contributed by atoms with E-state index in [0.717, 1.165) is 44.5 Å². The van der Waals surface area contributed by atoms with E-state index in [0.29, 0.717) is 30.3 Å². The van der Waals surface area contributed by atoms with Gasteiger partial charge in [0, 0.05) is 18.2 Å². The predicted molar refractivity (Wildman–Crippen MR) is 124 cm³/mol. The molecule has 1 aromatic heterocycles. The molecule has 5 heteroatoms. The molecule has 2 aliphatic rings. The lowest BCUT2D eigenvalue weighted by Gasteiger charge is -2.31. The van der Waals surface area contributed by atoms with Crippen LogP contribution in [0.4, 0.5) is 0 Å². The molecule has 1 aromatic carbocycles. The summed E-state index contributed by atoms with van der Waals surface area (Å²) in [5.41, 5.74) is 3.66. The molecule has 2 heterocycles. The van der Waals surface area contributed by atoms with E-state index < -0.39 is 0 Å². The fourth-order valence-corrected chi connectivity index (χ4v) is 4.54. The highest BCUT2D eigenvalue weighted by atomic mass is 35.5. The van der Waals surface area contributed by atoms with Crippen molar-refractivity contribution in [2.75, 3.05) is 13.1 Å². The molecule has 2 aromatic rings. The zero-order valence-electron chi connectivity index (χ0n) is 18.1. The van der Waals surface area contributed by atoms with Crippen LogP contribution < -0.4 is 5.32 Å². The van der Waals surface area contributed by atoms with Gasteiger partial charge in [-0.3, -0.25) is 9.78 Å². The number of carbonyl (C=O) groups excluding carboxylic acids is 1. The van der Waals surface area contributed by atoms with E-state index in [-0.39, 0.29) is 18.3 Å². The number of halogens is 1. The van der Waals surface area contributed by atoms with Crippen molar-refractivity contribution in [3.8, 4) is 0 Å². The Morgan fingerprint density at radius 2 is 1.93 bits per heavy atom. The molecule has 4 rings (SSSR count). The SMILES string of the molecule is CC(C)c1ccc(C2CC2C(=O)N(Cc2ccccn2)C2CCCNCC2)cc1.Cl. The molecule has 1 saturated carbocycles. The molecule has 0 spiro atoms. The van der Waals surface area contributed by atoms with Crippen LogP contribution in [0.25, 0.3) is 0 Å². The normalized spacial score (nSPS) is 23.4. The second kappa shape index (κ2) is 10.4.